The van der Waals surface area contributed by atoms with E-state index in [1.54, 1.807) is 0 Å². The average Bonchev–Trinajstić information content (AvgIpc) is 2.56. The van der Waals surface area contributed by atoms with Crippen molar-refractivity contribution in [2.45, 2.75) is 31.5 Å². The molecule has 3 heteroatoms. The number of nitrogens with two attached hydrogens (primary N) is 1. The quantitative estimate of drug-likeness (QED) is 0.849. The Kier molecular flexibility index (Phi) is 4.76. The van der Waals surface area contributed by atoms with Crippen LogP contribution in [0.25, 0.3) is 0 Å². The zero-order chi connectivity index (χ0) is 15.4. The lowest BCUT2D eigenvalue weighted by molar-refractivity contribution is -0.0268. The summed E-state index contributed by atoms with van der Waals surface area (Å²) in [6.07, 6.45) is 1.27. The molecule has 0 amide bonds. The first-order chi connectivity index (χ1) is 10.8. The summed E-state index contributed by atoms with van der Waals surface area (Å²) in [7, 11) is 0. The van der Waals surface area contributed by atoms with Crippen LogP contribution < -0.4 is 11.1 Å². The second-order valence-electron chi connectivity index (χ2n) is 5.96. The number of hydrogen-bond acceptors (Lipinski definition) is 3. The van der Waals surface area contributed by atoms with Crippen LogP contribution in [-0.2, 0) is 4.74 Å². The highest BCUT2D eigenvalue weighted by Gasteiger charge is 2.29. The number of hydrogen-bond donors (Lipinski definition) is 2. The summed E-state index contributed by atoms with van der Waals surface area (Å²) >= 11 is 0. The molecule has 1 aliphatic rings. The smallest absolute Gasteiger partial charge is 0.0821 e. The van der Waals surface area contributed by atoms with Crippen molar-refractivity contribution in [3.8, 4) is 0 Å². The molecule has 3 unspecified atom stereocenters. The van der Waals surface area contributed by atoms with Crippen LogP contribution >= 0.6 is 0 Å². The van der Waals surface area contributed by atoms with Gasteiger partial charge in [0.05, 0.1) is 12.2 Å². The van der Waals surface area contributed by atoms with Gasteiger partial charge in [-0.15, -0.1) is 0 Å². The molecule has 1 aliphatic heterocycles. The topological polar surface area (TPSA) is 47.3 Å². The van der Waals surface area contributed by atoms with E-state index >= 15 is 0 Å². The minimum absolute atomic E-state index is 0.00249. The Morgan fingerprint density at radius 3 is 2.59 bits per heavy atom. The summed E-state index contributed by atoms with van der Waals surface area (Å²) in [5.41, 5.74) is 9.31. The van der Waals surface area contributed by atoms with Crippen LogP contribution in [0.2, 0.25) is 0 Å². The van der Waals surface area contributed by atoms with Crippen molar-refractivity contribution in [1.82, 2.24) is 5.32 Å². The van der Waals surface area contributed by atoms with E-state index in [0.717, 1.165) is 30.8 Å². The lowest BCUT2D eigenvalue weighted by atomic mass is 9.87. The van der Waals surface area contributed by atoms with Crippen molar-refractivity contribution in [3.63, 3.8) is 0 Å². The summed E-state index contributed by atoms with van der Waals surface area (Å²) in [5.74, 6) is 0.440. The Labute approximate surface area is 132 Å². The maximum atomic E-state index is 6.38. The van der Waals surface area contributed by atoms with E-state index in [1.165, 1.54) is 5.56 Å². The molecule has 0 bridgehead atoms. The van der Waals surface area contributed by atoms with Gasteiger partial charge in [0.2, 0.25) is 0 Å². The molecule has 3 rings (SSSR count). The number of piperidine rings is 1. The van der Waals surface area contributed by atoms with E-state index in [4.69, 9.17) is 10.5 Å². The molecule has 22 heavy (non-hydrogen) atoms. The second kappa shape index (κ2) is 6.95. The Balaban J connectivity index is 1.76. The SMILES string of the molecule is CC(OC1CNCCC1c1ccccc1)c1ccccc1N. The molecule has 0 spiro atoms. The van der Waals surface area contributed by atoms with Crippen molar-refractivity contribution in [2.75, 3.05) is 18.8 Å². The molecule has 3 atom stereocenters. The van der Waals surface area contributed by atoms with E-state index < -0.39 is 0 Å². The number of para-hydroxylation sites is 1. The minimum Gasteiger partial charge on any atom is -0.398 e. The van der Waals surface area contributed by atoms with Crippen LogP contribution in [0, 0.1) is 0 Å². The predicted molar refractivity (Wildman–Crippen MR) is 90.8 cm³/mol. The summed E-state index contributed by atoms with van der Waals surface area (Å²) < 4.78 is 6.38. The molecule has 0 saturated carbocycles. The zero-order valence-electron chi connectivity index (χ0n) is 13.0. The summed E-state index contributed by atoms with van der Waals surface area (Å²) in [6, 6.07) is 18.6. The van der Waals surface area contributed by atoms with Gasteiger partial charge in [0.1, 0.15) is 0 Å². The number of nitrogens with one attached hydrogen (secondary N) is 1. The van der Waals surface area contributed by atoms with Gasteiger partial charge in [-0.05, 0) is 31.5 Å². The van der Waals surface area contributed by atoms with E-state index in [0.29, 0.717) is 5.92 Å². The maximum Gasteiger partial charge on any atom is 0.0821 e. The molecular formula is C19H24N2O. The second-order valence-corrected chi connectivity index (χ2v) is 5.96. The summed E-state index contributed by atoms with van der Waals surface area (Å²) in [4.78, 5) is 0. The van der Waals surface area contributed by atoms with Gasteiger partial charge in [0.15, 0.2) is 0 Å². The van der Waals surface area contributed by atoms with Gasteiger partial charge in [0.25, 0.3) is 0 Å². The fourth-order valence-corrected chi connectivity index (χ4v) is 3.27. The zero-order valence-corrected chi connectivity index (χ0v) is 13.0. The van der Waals surface area contributed by atoms with Crippen LogP contribution in [0.3, 0.4) is 0 Å². The molecule has 1 heterocycles. The third-order valence-corrected chi connectivity index (χ3v) is 4.47. The van der Waals surface area contributed by atoms with E-state index in [-0.39, 0.29) is 12.2 Å². The lowest BCUT2D eigenvalue weighted by Crippen LogP contribution is -2.41. The number of rotatable bonds is 4. The first kappa shape index (κ1) is 15.1. The van der Waals surface area contributed by atoms with Gasteiger partial charge in [0, 0.05) is 23.7 Å². The molecule has 0 aromatic heterocycles. The largest absolute Gasteiger partial charge is 0.398 e. The third-order valence-electron chi connectivity index (χ3n) is 4.47. The summed E-state index contributed by atoms with van der Waals surface area (Å²) in [5, 5.41) is 3.45. The van der Waals surface area contributed by atoms with Gasteiger partial charge >= 0.3 is 0 Å². The highest BCUT2D eigenvalue weighted by Crippen LogP contribution is 2.32. The third kappa shape index (κ3) is 3.32. The number of benzene rings is 2. The van der Waals surface area contributed by atoms with Crippen LogP contribution in [0.4, 0.5) is 5.69 Å². The molecular weight excluding hydrogens is 272 g/mol. The number of ether oxygens (including phenoxy) is 1. The molecule has 0 aliphatic carbocycles. The highest BCUT2D eigenvalue weighted by molar-refractivity contribution is 5.47. The Morgan fingerprint density at radius 2 is 1.82 bits per heavy atom. The molecule has 1 fully saturated rings. The Hall–Kier alpha value is -1.84. The van der Waals surface area contributed by atoms with E-state index in [2.05, 4.69) is 42.6 Å². The van der Waals surface area contributed by atoms with Gasteiger partial charge < -0.3 is 15.8 Å². The Bertz CT molecular complexity index is 599. The minimum atomic E-state index is -0.00249. The maximum absolute atomic E-state index is 6.38. The van der Waals surface area contributed by atoms with E-state index in [1.807, 2.05) is 24.3 Å². The fraction of sp³-hybridized carbons (Fsp3) is 0.368. The number of anilines is 1. The van der Waals surface area contributed by atoms with Gasteiger partial charge in [-0.1, -0.05) is 48.5 Å². The van der Waals surface area contributed by atoms with Crippen molar-refractivity contribution >= 4 is 5.69 Å². The molecule has 116 valence electrons. The summed E-state index contributed by atoms with van der Waals surface area (Å²) in [6.45, 7) is 4.01. The van der Waals surface area contributed by atoms with Crippen molar-refractivity contribution < 1.29 is 4.74 Å². The Morgan fingerprint density at radius 1 is 1.09 bits per heavy atom. The highest BCUT2D eigenvalue weighted by atomic mass is 16.5. The normalized spacial score (nSPS) is 23.1. The molecule has 2 aromatic carbocycles. The predicted octanol–water partition coefficient (Wildman–Crippen LogP) is 3.49. The standard InChI is InChI=1S/C19H24N2O/c1-14(16-9-5-6-10-18(16)20)22-19-13-21-12-11-17(19)15-7-3-2-4-8-15/h2-10,14,17,19,21H,11-13,20H2,1H3. The number of nitrogen functional groups attached to an aromatic ring is 1. The van der Waals surface area contributed by atoms with Crippen molar-refractivity contribution in [3.05, 3.63) is 65.7 Å². The average molecular weight is 296 g/mol. The van der Waals surface area contributed by atoms with Crippen LogP contribution in [0.15, 0.2) is 54.6 Å². The van der Waals surface area contributed by atoms with Gasteiger partial charge in [-0.25, -0.2) is 0 Å². The molecule has 3 nitrogen and oxygen atoms in total. The first-order valence-corrected chi connectivity index (χ1v) is 8.01. The first-order valence-electron chi connectivity index (χ1n) is 8.01. The van der Waals surface area contributed by atoms with Crippen molar-refractivity contribution in [1.29, 1.82) is 0 Å². The molecule has 2 aromatic rings. The van der Waals surface area contributed by atoms with Crippen LogP contribution in [0.5, 0.6) is 0 Å². The van der Waals surface area contributed by atoms with Gasteiger partial charge in [-0.2, -0.15) is 0 Å². The van der Waals surface area contributed by atoms with E-state index in [9.17, 15) is 0 Å². The fourth-order valence-electron chi connectivity index (χ4n) is 3.27. The lowest BCUT2D eigenvalue weighted by Gasteiger charge is -2.34. The van der Waals surface area contributed by atoms with Crippen LogP contribution in [-0.4, -0.2) is 19.2 Å². The monoisotopic (exact) mass is 296 g/mol. The molecule has 1 saturated heterocycles. The van der Waals surface area contributed by atoms with Crippen molar-refractivity contribution in [2.24, 2.45) is 0 Å². The van der Waals surface area contributed by atoms with Crippen LogP contribution in [0.1, 0.15) is 36.5 Å². The van der Waals surface area contributed by atoms with Gasteiger partial charge in [-0.3, -0.25) is 0 Å². The molecule has 3 N–H and O–H groups in total. The molecule has 0 radical (unpaired) electrons.